The van der Waals surface area contributed by atoms with E-state index >= 15 is 0 Å². The van der Waals surface area contributed by atoms with Crippen LogP contribution in [-0.4, -0.2) is 22.4 Å². The smallest absolute Gasteiger partial charge is 0.319 e. The van der Waals surface area contributed by atoms with Gasteiger partial charge in [-0.3, -0.25) is 4.68 Å². The predicted octanol–water partition coefficient (Wildman–Crippen LogP) is 4.21. The number of hydrogen-bond donors (Lipinski definition) is 2. The highest BCUT2D eigenvalue weighted by Crippen LogP contribution is 2.22. The Morgan fingerprint density at radius 1 is 1.21 bits per heavy atom. The Balaban J connectivity index is 1.50. The molecule has 124 valence electrons. The minimum atomic E-state index is -0.207. The average molecular weight is 343 g/mol. The number of nitrogens with one attached hydrogen (secondary N) is 2. The number of halogens is 1. The van der Waals surface area contributed by atoms with Crippen molar-refractivity contribution >= 4 is 34.1 Å². The summed E-state index contributed by atoms with van der Waals surface area (Å²) in [6.45, 7) is 3.14. The van der Waals surface area contributed by atoms with Gasteiger partial charge in [0.25, 0.3) is 0 Å². The Kier molecular flexibility index (Phi) is 5.01. The van der Waals surface area contributed by atoms with E-state index in [0.29, 0.717) is 18.1 Å². The molecule has 0 saturated carbocycles. The maximum Gasteiger partial charge on any atom is 0.319 e. The number of urea groups is 1. The summed E-state index contributed by atoms with van der Waals surface area (Å²) < 4.78 is 1.79. The van der Waals surface area contributed by atoms with E-state index in [9.17, 15) is 4.79 Å². The Morgan fingerprint density at radius 3 is 2.79 bits per heavy atom. The van der Waals surface area contributed by atoms with Gasteiger partial charge in [-0.05, 0) is 24.8 Å². The highest BCUT2D eigenvalue weighted by atomic mass is 35.5. The summed E-state index contributed by atoms with van der Waals surface area (Å²) in [5, 5.41) is 12.8. The Hall–Kier alpha value is -2.53. The maximum atomic E-state index is 12.1. The molecule has 5 nitrogen and oxygen atoms in total. The molecular weight excluding hydrogens is 324 g/mol. The summed E-state index contributed by atoms with van der Waals surface area (Å²) in [6.07, 6.45) is 2.58. The van der Waals surface area contributed by atoms with Crippen LogP contribution in [0.3, 0.4) is 0 Å². The van der Waals surface area contributed by atoms with E-state index in [-0.39, 0.29) is 6.03 Å². The number of anilines is 1. The van der Waals surface area contributed by atoms with E-state index in [1.165, 1.54) is 0 Å². The molecule has 6 heteroatoms. The number of aryl methyl sites for hydroxylation is 2. The average Bonchev–Trinajstić information content (AvgIpc) is 2.90. The molecule has 2 N–H and O–H groups in total. The van der Waals surface area contributed by atoms with Gasteiger partial charge in [0.2, 0.25) is 0 Å². The van der Waals surface area contributed by atoms with Crippen LogP contribution in [0, 0.1) is 6.92 Å². The van der Waals surface area contributed by atoms with Crippen LogP contribution in [0.25, 0.3) is 10.8 Å². The molecule has 0 spiro atoms. The van der Waals surface area contributed by atoms with Crippen LogP contribution >= 0.6 is 11.6 Å². The zero-order chi connectivity index (χ0) is 16.9. The van der Waals surface area contributed by atoms with E-state index in [2.05, 4.69) is 15.7 Å². The summed E-state index contributed by atoms with van der Waals surface area (Å²) in [5.41, 5.74) is 1.62. The van der Waals surface area contributed by atoms with Gasteiger partial charge in [-0.1, -0.05) is 48.0 Å². The van der Waals surface area contributed by atoms with Crippen LogP contribution in [0.5, 0.6) is 0 Å². The van der Waals surface area contributed by atoms with E-state index < -0.39 is 0 Å². The number of aromatic nitrogens is 2. The van der Waals surface area contributed by atoms with E-state index in [1.54, 1.807) is 10.9 Å². The number of nitrogens with zero attached hydrogens (tertiary/aromatic N) is 2. The minimum absolute atomic E-state index is 0.207. The van der Waals surface area contributed by atoms with Crippen molar-refractivity contribution < 1.29 is 4.79 Å². The van der Waals surface area contributed by atoms with Gasteiger partial charge in [0, 0.05) is 24.7 Å². The van der Waals surface area contributed by atoms with Crippen LogP contribution < -0.4 is 10.6 Å². The Morgan fingerprint density at radius 2 is 2.00 bits per heavy atom. The SMILES string of the molecule is Cc1nn(CCCNC(=O)Nc2cccc3ccccc23)cc1Cl. The lowest BCUT2D eigenvalue weighted by atomic mass is 10.1. The molecule has 0 aliphatic heterocycles. The first-order valence-electron chi connectivity index (χ1n) is 7.85. The normalized spacial score (nSPS) is 10.8. The van der Waals surface area contributed by atoms with Crippen molar-refractivity contribution in [1.29, 1.82) is 0 Å². The van der Waals surface area contributed by atoms with Gasteiger partial charge in [0.1, 0.15) is 0 Å². The van der Waals surface area contributed by atoms with E-state index in [4.69, 9.17) is 11.6 Å². The van der Waals surface area contributed by atoms with Crippen molar-refractivity contribution in [3.63, 3.8) is 0 Å². The molecule has 1 aromatic heterocycles. The van der Waals surface area contributed by atoms with Gasteiger partial charge in [-0.25, -0.2) is 4.79 Å². The quantitative estimate of drug-likeness (QED) is 0.682. The van der Waals surface area contributed by atoms with Crippen molar-refractivity contribution in [2.45, 2.75) is 19.9 Å². The molecule has 2 aromatic carbocycles. The molecule has 24 heavy (non-hydrogen) atoms. The fraction of sp³-hybridized carbons (Fsp3) is 0.222. The third-order valence-corrected chi connectivity index (χ3v) is 4.14. The third kappa shape index (κ3) is 3.86. The standard InChI is InChI=1S/C18H19ClN4O/c1-13-16(19)12-23(22-13)11-5-10-20-18(24)21-17-9-4-7-14-6-2-3-8-15(14)17/h2-4,6-9,12H,5,10-11H2,1H3,(H2,20,21,24). The predicted molar refractivity (Wildman–Crippen MR) is 97.6 cm³/mol. The first-order chi connectivity index (χ1) is 11.6. The van der Waals surface area contributed by atoms with Crippen LogP contribution in [0.1, 0.15) is 12.1 Å². The maximum absolute atomic E-state index is 12.1. The number of carbonyl (C=O) groups excluding carboxylic acids is 1. The number of rotatable bonds is 5. The monoisotopic (exact) mass is 342 g/mol. The second-order valence-corrected chi connectivity index (χ2v) is 5.99. The third-order valence-electron chi connectivity index (χ3n) is 3.77. The zero-order valence-electron chi connectivity index (χ0n) is 13.4. The van der Waals surface area contributed by atoms with Crippen molar-refractivity contribution in [3.05, 3.63) is 59.4 Å². The summed E-state index contributed by atoms with van der Waals surface area (Å²) >= 11 is 5.97. The molecule has 0 atom stereocenters. The lowest BCUT2D eigenvalue weighted by Gasteiger charge is -2.10. The van der Waals surface area contributed by atoms with Gasteiger partial charge >= 0.3 is 6.03 Å². The largest absolute Gasteiger partial charge is 0.338 e. The second kappa shape index (κ2) is 7.36. The number of fused-ring (bicyclic) bond motifs is 1. The van der Waals surface area contributed by atoms with Gasteiger partial charge in [0.05, 0.1) is 16.4 Å². The topological polar surface area (TPSA) is 59.0 Å². The number of benzene rings is 2. The summed E-state index contributed by atoms with van der Waals surface area (Å²) in [4.78, 5) is 12.1. The Bertz CT molecular complexity index is 834. The molecule has 0 fully saturated rings. The van der Waals surface area contributed by atoms with Crippen LogP contribution in [0.15, 0.2) is 48.7 Å². The molecule has 2 amide bonds. The molecule has 0 aliphatic carbocycles. The molecular formula is C18H19ClN4O. The minimum Gasteiger partial charge on any atom is -0.338 e. The molecule has 0 aliphatic rings. The van der Waals surface area contributed by atoms with Crippen molar-refractivity contribution in [1.82, 2.24) is 15.1 Å². The van der Waals surface area contributed by atoms with Crippen molar-refractivity contribution in [3.8, 4) is 0 Å². The second-order valence-electron chi connectivity index (χ2n) is 5.59. The molecule has 3 rings (SSSR count). The number of carbonyl (C=O) groups is 1. The first-order valence-corrected chi connectivity index (χ1v) is 8.23. The van der Waals surface area contributed by atoms with E-state index in [0.717, 1.165) is 28.6 Å². The van der Waals surface area contributed by atoms with Crippen LogP contribution in [0.4, 0.5) is 10.5 Å². The molecule has 0 unspecified atom stereocenters. The van der Waals surface area contributed by atoms with Crippen LogP contribution in [0.2, 0.25) is 5.02 Å². The number of amides is 2. The van der Waals surface area contributed by atoms with E-state index in [1.807, 2.05) is 49.4 Å². The van der Waals surface area contributed by atoms with Crippen LogP contribution in [-0.2, 0) is 6.54 Å². The van der Waals surface area contributed by atoms with Gasteiger partial charge in [0.15, 0.2) is 0 Å². The Labute approximate surface area is 145 Å². The van der Waals surface area contributed by atoms with Gasteiger partial charge in [-0.15, -0.1) is 0 Å². The number of hydrogen-bond acceptors (Lipinski definition) is 2. The summed E-state index contributed by atoms with van der Waals surface area (Å²) in [6, 6.07) is 13.6. The molecule has 0 saturated heterocycles. The lowest BCUT2D eigenvalue weighted by Crippen LogP contribution is -2.30. The molecule has 3 aromatic rings. The lowest BCUT2D eigenvalue weighted by molar-refractivity contribution is 0.251. The molecule has 0 radical (unpaired) electrons. The molecule has 0 bridgehead atoms. The zero-order valence-corrected chi connectivity index (χ0v) is 14.2. The van der Waals surface area contributed by atoms with Crippen molar-refractivity contribution in [2.75, 3.05) is 11.9 Å². The summed E-state index contributed by atoms with van der Waals surface area (Å²) in [5.74, 6) is 0. The first kappa shape index (κ1) is 16.3. The highest BCUT2D eigenvalue weighted by Gasteiger charge is 2.05. The molecule has 1 heterocycles. The summed E-state index contributed by atoms with van der Waals surface area (Å²) in [7, 11) is 0. The van der Waals surface area contributed by atoms with Gasteiger partial charge < -0.3 is 10.6 Å². The van der Waals surface area contributed by atoms with Gasteiger partial charge in [-0.2, -0.15) is 5.10 Å². The highest BCUT2D eigenvalue weighted by molar-refractivity contribution is 6.31. The van der Waals surface area contributed by atoms with Crippen molar-refractivity contribution in [2.24, 2.45) is 0 Å². The fourth-order valence-corrected chi connectivity index (χ4v) is 2.70. The fourth-order valence-electron chi connectivity index (χ4n) is 2.55.